The summed E-state index contributed by atoms with van der Waals surface area (Å²) in [5, 5.41) is 0.620. The molecule has 2 nitrogen and oxygen atoms in total. The molecular formula is C17H13ClO2. The molecule has 0 radical (unpaired) electrons. The summed E-state index contributed by atoms with van der Waals surface area (Å²) >= 11 is 6.06. The second-order valence-corrected chi connectivity index (χ2v) is 4.80. The molecule has 0 aliphatic heterocycles. The van der Waals surface area contributed by atoms with Crippen LogP contribution in [0.25, 0.3) is 11.3 Å². The Morgan fingerprint density at radius 2 is 1.85 bits per heavy atom. The van der Waals surface area contributed by atoms with Crippen LogP contribution in [0.3, 0.4) is 0 Å². The molecule has 3 heteroatoms. The lowest BCUT2D eigenvalue weighted by Gasteiger charge is -2.08. The molecule has 3 rings (SSSR count). The zero-order valence-electron chi connectivity index (χ0n) is 10.8. The van der Waals surface area contributed by atoms with Gasteiger partial charge in [-0.25, -0.2) is 0 Å². The highest BCUT2D eigenvalue weighted by Gasteiger charge is 2.04. The van der Waals surface area contributed by atoms with E-state index in [4.69, 9.17) is 20.8 Å². The number of hydrogen-bond acceptors (Lipinski definition) is 2. The van der Waals surface area contributed by atoms with E-state index in [0.717, 1.165) is 16.9 Å². The van der Waals surface area contributed by atoms with Crippen molar-refractivity contribution in [2.75, 3.05) is 0 Å². The Morgan fingerprint density at radius 3 is 2.65 bits per heavy atom. The summed E-state index contributed by atoms with van der Waals surface area (Å²) in [5.74, 6) is 1.54. The van der Waals surface area contributed by atoms with Crippen LogP contribution in [-0.4, -0.2) is 0 Å². The van der Waals surface area contributed by atoms with Crippen LogP contribution < -0.4 is 4.74 Å². The fourth-order valence-electron chi connectivity index (χ4n) is 1.98. The number of benzene rings is 2. The minimum absolute atomic E-state index is 0.471. The van der Waals surface area contributed by atoms with Crippen LogP contribution in [0.2, 0.25) is 5.02 Å². The fourth-order valence-corrected chi connectivity index (χ4v) is 2.17. The molecule has 1 heterocycles. The van der Waals surface area contributed by atoms with E-state index < -0.39 is 0 Å². The molecule has 3 aromatic rings. The summed E-state index contributed by atoms with van der Waals surface area (Å²) in [6, 6.07) is 19.3. The molecular weight excluding hydrogens is 272 g/mol. The van der Waals surface area contributed by atoms with Crippen molar-refractivity contribution in [2.45, 2.75) is 6.61 Å². The van der Waals surface area contributed by atoms with Crippen molar-refractivity contribution in [3.63, 3.8) is 0 Å². The molecule has 20 heavy (non-hydrogen) atoms. The van der Waals surface area contributed by atoms with Gasteiger partial charge in [0, 0.05) is 5.56 Å². The van der Waals surface area contributed by atoms with Crippen LogP contribution in [-0.2, 0) is 6.61 Å². The minimum Gasteiger partial charge on any atom is -0.487 e. The molecule has 1 aromatic heterocycles. The predicted molar refractivity (Wildman–Crippen MR) is 79.9 cm³/mol. The largest absolute Gasteiger partial charge is 0.487 e. The maximum atomic E-state index is 6.06. The fraction of sp³-hybridized carbons (Fsp3) is 0.0588. The topological polar surface area (TPSA) is 22.4 Å². The lowest BCUT2D eigenvalue weighted by molar-refractivity contribution is 0.306. The molecule has 100 valence electrons. The zero-order valence-corrected chi connectivity index (χ0v) is 11.5. The highest BCUT2D eigenvalue weighted by Crippen LogP contribution is 2.25. The summed E-state index contributed by atoms with van der Waals surface area (Å²) in [7, 11) is 0. The Morgan fingerprint density at radius 1 is 0.950 bits per heavy atom. The third-order valence-electron chi connectivity index (χ3n) is 2.96. The Hall–Kier alpha value is -2.19. The van der Waals surface area contributed by atoms with Gasteiger partial charge in [0.15, 0.2) is 0 Å². The summed E-state index contributed by atoms with van der Waals surface area (Å²) in [4.78, 5) is 0. The average Bonchev–Trinajstić information content (AvgIpc) is 3.01. The number of halogens is 1. The van der Waals surface area contributed by atoms with Gasteiger partial charge >= 0.3 is 0 Å². The summed E-state index contributed by atoms with van der Waals surface area (Å²) in [6.07, 6.45) is 1.67. The van der Waals surface area contributed by atoms with Crippen LogP contribution in [0.5, 0.6) is 5.75 Å². The van der Waals surface area contributed by atoms with Gasteiger partial charge in [-0.15, -0.1) is 0 Å². The summed E-state index contributed by atoms with van der Waals surface area (Å²) in [5.41, 5.74) is 2.11. The van der Waals surface area contributed by atoms with Gasteiger partial charge in [0.25, 0.3) is 0 Å². The molecule has 0 spiro atoms. The number of para-hydroxylation sites is 1. The molecule has 0 saturated heterocycles. The first-order valence-electron chi connectivity index (χ1n) is 6.33. The lowest BCUT2D eigenvalue weighted by Crippen LogP contribution is -1.96. The summed E-state index contributed by atoms with van der Waals surface area (Å²) < 4.78 is 11.1. The maximum absolute atomic E-state index is 6.06. The number of furan rings is 1. The van der Waals surface area contributed by atoms with Crippen molar-refractivity contribution < 1.29 is 9.15 Å². The molecule has 0 fully saturated rings. The molecule has 0 aliphatic rings. The van der Waals surface area contributed by atoms with Crippen molar-refractivity contribution in [2.24, 2.45) is 0 Å². The standard InChI is InChI=1S/C17H13ClO2/c18-15-7-1-2-8-17(15)20-12-13-5-3-6-14(11-13)16-9-4-10-19-16/h1-11H,12H2. The molecule has 0 unspecified atom stereocenters. The second kappa shape index (κ2) is 5.85. The van der Waals surface area contributed by atoms with E-state index >= 15 is 0 Å². The van der Waals surface area contributed by atoms with Gasteiger partial charge in [0.05, 0.1) is 11.3 Å². The molecule has 2 aromatic carbocycles. The third kappa shape index (κ3) is 2.86. The number of rotatable bonds is 4. The zero-order chi connectivity index (χ0) is 13.8. The van der Waals surface area contributed by atoms with E-state index in [2.05, 4.69) is 6.07 Å². The molecule has 0 aliphatic carbocycles. The van der Waals surface area contributed by atoms with Gasteiger partial charge in [-0.3, -0.25) is 0 Å². The van der Waals surface area contributed by atoms with Crippen molar-refractivity contribution >= 4 is 11.6 Å². The Labute approximate surface area is 122 Å². The van der Waals surface area contributed by atoms with Crippen LogP contribution in [0.1, 0.15) is 5.56 Å². The lowest BCUT2D eigenvalue weighted by atomic mass is 10.1. The third-order valence-corrected chi connectivity index (χ3v) is 3.28. The number of ether oxygens (including phenoxy) is 1. The van der Waals surface area contributed by atoms with Crippen LogP contribution in [0.15, 0.2) is 71.3 Å². The van der Waals surface area contributed by atoms with Crippen molar-refractivity contribution in [1.82, 2.24) is 0 Å². The minimum atomic E-state index is 0.471. The SMILES string of the molecule is Clc1ccccc1OCc1cccc(-c2ccco2)c1. The van der Waals surface area contributed by atoms with E-state index in [-0.39, 0.29) is 0 Å². The second-order valence-electron chi connectivity index (χ2n) is 4.40. The van der Waals surface area contributed by atoms with Gasteiger partial charge in [0.2, 0.25) is 0 Å². The highest BCUT2D eigenvalue weighted by molar-refractivity contribution is 6.32. The predicted octanol–water partition coefficient (Wildman–Crippen LogP) is 5.18. The van der Waals surface area contributed by atoms with E-state index in [9.17, 15) is 0 Å². The normalized spacial score (nSPS) is 10.4. The van der Waals surface area contributed by atoms with E-state index in [1.807, 2.05) is 54.6 Å². The van der Waals surface area contributed by atoms with Gasteiger partial charge in [-0.05, 0) is 35.9 Å². The quantitative estimate of drug-likeness (QED) is 0.659. The average molecular weight is 285 g/mol. The Balaban J connectivity index is 1.75. The van der Waals surface area contributed by atoms with Gasteiger partial charge in [0.1, 0.15) is 18.1 Å². The number of hydrogen-bond donors (Lipinski definition) is 0. The van der Waals surface area contributed by atoms with Crippen LogP contribution in [0.4, 0.5) is 0 Å². The molecule has 0 bridgehead atoms. The smallest absolute Gasteiger partial charge is 0.138 e. The van der Waals surface area contributed by atoms with Gasteiger partial charge in [-0.1, -0.05) is 41.9 Å². The van der Waals surface area contributed by atoms with E-state index in [0.29, 0.717) is 17.4 Å². The molecule has 0 saturated carbocycles. The van der Waals surface area contributed by atoms with Crippen molar-refractivity contribution in [3.05, 3.63) is 77.5 Å². The van der Waals surface area contributed by atoms with Crippen LogP contribution in [0, 0.1) is 0 Å². The molecule has 0 N–H and O–H groups in total. The first kappa shape index (κ1) is 12.8. The Bertz CT molecular complexity index is 690. The Kier molecular flexibility index (Phi) is 3.75. The van der Waals surface area contributed by atoms with Crippen molar-refractivity contribution in [1.29, 1.82) is 0 Å². The van der Waals surface area contributed by atoms with E-state index in [1.54, 1.807) is 6.26 Å². The van der Waals surface area contributed by atoms with Crippen LogP contribution >= 0.6 is 11.6 Å². The summed E-state index contributed by atoms with van der Waals surface area (Å²) in [6.45, 7) is 0.471. The molecule has 0 amide bonds. The van der Waals surface area contributed by atoms with Gasteiger partial charge < -0.3 is 9.15 Å². The monoisotopic (exact) mass is 284 g/mol. The van der Waals surface area contributed by atoms with E-state index in [1.165, 1.54) is 0 Å². The molecule has 0 atom stereocenters. The first-order chi connectivity index (χ1) is 9.83. The van der Waals surface area contributed by atoms with Crippen molar-refractivity contribution in [3.8, 4) is 17.1 Å². The van der Waals surface area contributed by atoms with Gasteiger partial charge in [-0.2, -0.15) is 0 Å². The maximum Gasteiger partial charge on any atom is 0.138 e. The first-order valence-corrected chi connectivity index (χ1v) is 6.71. The highest BCUT2D eigenvalue weighted by atomic mass is 35.5.